The van der Waals surface area contributed by atoms with Crippen LogP contribution in [0.5, 0.6) is 5.75 Å². The maximum atomic E-state index is 14.8. The van der Waals surface area contributed by atoms with Crippen molar-refractivity contribution in [1.29, 1.82) is 0 Å². The topological polar surface area (TPSA) is 92.6 Å². The van der Waals surface area contributed by atoms with Crippen LogP contribution in [0.25, 0.3) is 0 Å². The number of aromatic nitrogens is 3. The highest BCUT2D eigenvalue weighted by atomic mass is 19.1. The molecule has 5 rings (SSSR count). The minimum atomic E-state index is -0.968. The Morgan fingerprint density at radius 3 is 2.71 bits per heavy atom. The zero-order chi connectivity index (χ0) is 23.7. The van der Waals surface area contributed by atoms with Crippen molar-refractivity contribution < 1.29 is 18.7 Å². The molecule has 2 aromatic carbocycles. The van der Waals surface area contributed by atoms with Gasteiger partial charge >= 0.3 is 0 Å². The smallest absolute Gasteiger partial charge is 0.291 e. The summed E-state index contributed by atoms with van der Waals surface area (Å²) in [5.41, 5.74) is 1.94. The van der Waals surface area contributed by atoms with Crippen molar-refractivity contribution in [3.05, 3.63) is 66.0 Å². The van der Waals surface area contributed by atoms with Crippen molar-refractivity contribution >= 4 is 23.2 Å². The number of benzene rings is 2. The van der Waals surface area contributed by atoms with Crippen LogP contribution in [-0.4, -0.2) is 59.4 Å². The Kier molecular flexibility index (Phi) is 5.87. The predicted molar refractivity (Wildman–Crippen MR) is 124 cm³/mol. The first-order valence-corrected chi connectivity index (χ1v) is 11.2. The van der Waals surface area contributed by atoms with Crippen molar-refractivity contribution in [2.24, 2.45) is 0 Å². The van der Waals surface area contributed by atoms with E-state index in [0.717, 1.165) is 31.5 Å². The number of ether oxygens (including phenoxy) is 1. The number of nitrogens with one attached hydrogen (secondary N) is 1. The number of amides is 2. The predicted octanol–water partition coefficient (Wildman–Crippen LogP) is 2.22. The number of likely N-dealkylation sites (N-methyl/N-ethyl adjacent to an activating group) is 1. The molecule has 34 heavy (non-hydrogen) atoms. The van der Waals surface area contributed by atoms with Crippen LogP contribution in [0, 0.1) is 5.82 Å². The van der Waals surface area contributed by atoms with Gasteiger partial charge in [-0.2, -0.15) is 0 Å². The van der Waals surface area contributed by atoms with Gasteiger partial charge in [0.05, 0.1) is 17.9 Å². The Hall–Kier alpha value is -3.95. The molecule has 176 valence electrons. The average Bonchev–Trinajstić information content (AvgIpc) is 3.52. The fraction of sp³-hybridized carbons (Fsp3) is 0.333. The molecule has 3 heterocycles. The van der Waals surface area contributed by atoms with Gasteiger partial charge in [-0.15, -0.1) is 5.10 Å². The van der Waals surface area contributed by atoms with Gasteiger partial charge in [0.2, 0.25) is 5.82 Å². The van der Waals surface area contributed by atoms with Gasteiger partial charge < -0.3 is 19.9 Å². The van der Waals surface area contributed by atoms with Crippen LogP contribution >= 0.6 is 0 Å². The molecule has 0 unspecified atom stereocenters. The second-order valence-corrected chi connectivity index (χ2v) is 8.45. The molecule has 2 aliphatic heterocycles. The van der Waals surface area contributed by atoms with Crippen LogP contribution in [0.4, 0.5) is 15.8 Å². The first kappa shape index (κ1) is 21.9. The second kappa shape index (κ2) is 9.12. The summed E-state index contributed by atoms with van der Waals surface area (Å²) in [7, 11) is 1.59. The van der Waals surface area contributed by atoms with Crippen LogP contribution in [0.15, 0.2) is 48.8 Å². The number of hydrogen-bond acceptors (Lipinski definition) is 6. The highest BCUT2D eigenvalue weighted by Crippen LogP contribution is 2.37. The average molecular weight is 465 g/mol. The quantitative estimate of drug-likeness (QED) is 0.623. The summed E-state index contributed by atoms with van der Waals surface area (Å²) >= 11 is 0. The van der Waals surface area contributed by atoms with Crippen LogP contribution in [-0.2, 0) is 11.3 Å². The number of halogens is 1. The molecule has 1 atom stereocenters. The normalized spacial score (nSPS) is 17.8. The van der Waals surface area contributed by atoms with Crippen molar-refractivity contribution in [1.82, 2.24) is 20.1 Å². The van der Waals surface area contributed by atoms with E-state index in [-0.39, 0.29) is 24.1 Å². The number of rotatable bonds is 5. The van der Waals surface area contributed by atoms with E-state index in [1.165, 1.54) is 17.3 Å². The zero-order valence-electron chi connectivity index (χ0n) is 18.8. The maximum Gasteiger partial charge on any atom is 0.291 e. The summed E-state index contributed by atoms with van der Waals surface area (Å²) < 4.78 is 22.1. The van der Waals surface area contributed by atoms with Gasteiger partial charge in [0.15, 0.2) is 0 Å². The van der Waals surface area contributed by atoms with E-state index in [1.807, 2.05) is 35.2 Å². The van der Waals surface area contributed by atoms with Crippen LogP contribution in [0.3, 0.4) is 0 Å². The molecule has 0 saturated carbocycles. The molecule has 1 saturated heterocycles. The molecule has 9 nitrogen and oxygen atoms in total. The molecule has 0 bridgehead atoms. The Labute approximate surface area is 196 Å². The number of carbonyl (C=O) groups excluding carboxylic acids is 2. The third-order valence-corrected chi connectivity index (χ3v) is 6.10. The maximum absolute atomic E-state index is 14.8. The first-order valence-electron chi connectivity index (χ1n) is 11.2. The van der Waals surface area contributed by atoms with E-state index in [2.05, 4.69) is 15.4 Å². The Balaban J connectivity index is 1.30. The molecule has 2 aliphatic rings. The van der Waals surface area contributed by atoms with Gasteiger partial charge in [0.1, 0.15) is 30.5 Å². The largest absolute Gasteiger partial charge is 0.489 e. The lowest BCUT2D eigenvalue weighted by Gasteiger charge is -2.23. The number of fused-ring (bicyclic) bond motifs is 1. The third kappa shape index (κ3) is 4.30. The molecule has 1 N–H and O–H groups in total. The Morgan fingerprint density at radius 2 is 1.94 bits per heavy atom. The monoisotopic (exact) mass is 464 g/mol. The van der Waals surface area contributed by atoms with Gasteiger partial charge in [0, 0.05) is 26.2 Å². The Bertz CT molecular complexity index is 1210. The molecule has 0 spiro atoms. The summed E-state index contributed by atoms with van der Waals surface area (Å²) in [5.74, 6) is -1.13. The summed E-state index contributed by atoms with van der Waals surface area (Å²) in [6, 6.07) is 11.7. The summed E-state index contributed by atoms with van der Waals surface area (Å²) in [6.45, 7) is 1.89. The molecule has 1 aromatic heterocycles. The fourth-order valence-corrected chi connectivity index (χ4v) is 4.28. The van der Waals surface area contributed by atoms with Crippen molar-refractivity contribution in [2.75, 3.05) is 36.5 Å². The van der Waals surface area contributed by atoms with Gasteiger partial charge in [-0.25, -0.2) is 14.1 Å². The molecular weight excluding hydrogens is 439 g/mol. The number of anilines is 2. The number of nitrogens with zero attached hydrogens (tertiary/aromatic N) is 5. The Morgan fingerprint density at radius 1 is 1.18 bits per heavy atom. The minimum Gasteiger partial charge on any atom is -0.489 e. The van der Waals surface area contributed by atoms with Crippen LogP contribution in [0.2, 0.25) is 0 Å². The highest BCUT2D eigenvalue weighted by molar-refractivity contribution is 6.02. The molecular formula is C24H25FN6O3. The van der Waals surface area contributed by atoms with Gasteiger partial charge in [-0.3, -0.25) is 9.59 Å². The fourth-order valence-electron chi connectivity index (χ4n) is 4.28. The molecule has 0 aliphatic carbocycles. The summed E-state index contributed by atoms with van der Waals surface area (Å²) in [4.78, 5) is 33.3. The standard InChI is InChI=1S/C24H25FN6O3/c1-29-20-12-19(30-9-5-6-10-30)17(25)11-21(20)34-14-18(24(29)33)27-23(32)22-26-15-31(28-22)13-16-7-3-2-4-8-16/h2-4,7-8,11-12,15,18H,5-6,9-10,13-14H2,1H3,(H,27,32)/t18-/m0/s1. The summed E-state index contributed by atoms with van der Waals surface area (Å²) in [5, 5.41) is 6.87. The zero-order valence-corrected chi connectivity index (χ0v) is 18.8. The SMILES string of the molecule is CN1C(=O)[C@@H](NC(=O)c2ncn(Cc3ccccc3)n2)COc2cc(F)c(N3CCCC3)cc21. The molecule has 0 radical (unpaired) electrons. The van der Waals surface area contributed by atoms with E-state index in [0.29, 0.717) is 17.9 Å². The lowest BCUT2D eigenvalue weighted by Crippen LogP contribution is -2.49. The minimum absolute atomic E-state index is 0.0458. The molecule has 10 heteroatoms. The van der Waals surface area contributed by atoms with Gasteiger partial charge in [-0.1, -0.05) is 30.3 Å². The van der Waals surface area contributed by atoms with Gasteiger partial charge in [0.25, 0.3) is 11.8 Å². The second-order valence-electron chi connectivity index (χ2n) is 8.45. The summed E-state index contributed by atoms with van der Waals surface area (Å²) in [6.07, 6.45) is 3.48. The highest BCUT2D eigenvalue weighted by Gasteiger charge is 2.33. The number of carbonyl (C=O) groups is 2. The molecule has 2 amide bonds. The van der Waals surface area contributed by atoms with Crippen LogP contribution < -0.4 is 19.9 Å². The van der Waals surface area contributed by atoms with Crippen molar-refractivity contribution in [3.63, 3.8) is 0 Å². The third-order valence-electron chi connectivity index (χ3n) is 6.10. The van der Waals surface area contributed by atoms with E-state index < -0.39 is 17.8 Å². The first-order chi connectivity index (χ1) is 16.5. The van der Waals surface area contributed by atoms with E-state index in [4.69, 9.17) is 4.74 Å². The van der Waals surface area contributed by atoms with E-state index in [1.54, 1.807) is 17.8 Å². The van der Waals surface area contributed by atoms with E-state index >= 15 is 0 Å². The van der Waals surface area contributed by atoms with E-state index in [9.17, 15) is 14.0 Å². The molecule has 1 fully saturated rings. The van der Waals surface area contributed by atoms with Crippen molar-refractivity contribution in [3.8, 4) is 5.75 Å². The lowest BCUT2D eigenvalue weighted by molar-refractivity contribution is -0.120. The molecule has 3 aromatic rings. The van der Waals surface area contributed by atoms with Crippen molar-refractivity contribution in [2.45, 2.75) is 25.4 Å². The van der Waals surface area contributed by atoms with Gasteiger partial charge in [-0.05, 0) is 24.5 Å². The lowest BCUT2D eigenvalue weighted by atomic mass is 10.2. The van der Waals surface area contributed by atoms with Crippen LogP contribution in [0.1, 0.15) is 29.0 Å². The number of hydrogen-bond donors (Lipinski definition) is 1.